The topological polar surface area (TPSA) is 227 Å². The van der Waals surface area contributed by atoms with Crippen LogP contribution in [-0.2, 0) is 23.8 Å². The monoisotopic (exact) mass is 1040 g/mol. The second-order valence-corrected chi connectivity index (χ2v) is 17.0. The molecule has 0 bridgehead atoms. The molecule has 400 valence electrons. The van der Waals surface area contributed by atoms with Gasteiger partial charge in [-0.05, 0) is 167 Å². The number of hydrogen-bond acceptors (Lipinski definition) is 17. The summed E-state index contributed by atoms with van der Waals surface area (Å²) >= 11 is 0. The smallest absolute Gasteiger partial charge is 0.344 e. The van der Waals surface area contributed by atoms with Gasteiger partial charge >= 0.3 is 29.8 Å². The number of hydrogen-bond donors (Lipinski definition) is 0. The fourth-order valence-electron chi connectivity index (χ4n) is 7.05. The maximum atomic E-state index is 13.6. The van der Waals surface area contributed by atoms with Gasteiger partial charge < -0.3 is 37.9 Å². The number of esters is 5. The van der Waals surface area contributed by atoms with Crippen molar-refractivity contribution in [2.24, 2.45) is 10.2 Å². The van der Waals surface area contributed by atoms with Crippen LogP contribution in [0.4, 0.5) is 17.1 Å². The average molecular weight is 1040 g/mol. The van der Waals surface area contributed by atoms with Crippen LogP contribution < -0.4 is 23.7 Å². The Kier molecular flexibility index (Phi) is 25.4. The number of ether oxygens (including phenoxy) is 8. The molecule has 0 heterocycles. The molecule has 0 N–H and O–H groups in total. The third-order valence-corrected chi connectivity index (χ3v) is 11.2. The Balaban J connectivity index is 1.08. The highest BCUT2D eigenvalue weighted by Gasteiger charge is 2.23. The van der Waals surface area contributed by atoms with Gasteiger partial charge in [0, 0.05) is 24.3 Å². The summed E-state index contributed by atoms with van der Waals surface area (Å²) in [5.74, 6) is -1.02. The second kappa shape index (κ2) is 33.2. The predicted octanol–water partition coefficient (Wildman–Crippen LogP) is 13.0. The highest BCUT2D eigenvalue weighted by Crippen LogP contribution is 2.26. The van der Waals surface area contributed by atoms with Crippen LogP contribution >= 0.6 is 0 Å². The zero-order valence-electron chi connectivity index (χ0n) is 42.4. The number of carbonyl (C=O) groups excluding carboxylic acids is 5. The van der Waals surface area contributed by atoms with Crippen LogP contribution in [0.25, 0.3) is 0 Å². The summed E-state index contributed by atoms with van der Waals surface area (Å²) in [5, 5.41) is 19.1. The van der Waals surface area contributed by atoms with E-state index < -0.39 is 34.8 Å². The Morgan fingerprint density at radius 3 is 1.22 bits per heavy atom. The van der Waals surface area contributed by atoms with E-state index in [1.807, 2.05) is 0 Å². The summed E-state index contributed by atoms with van der Waals surface area (Å²) in [4.78, 5) is 73.4. The molecule has 0 aliphatic carbocycles. The molecule has 0 amide bonds. The van der Waals surface area contributed by atoms with Gasteiger partial charge in [0.2, 0.25) is 0 Å². The number of nitrogens with zero attached hydrogens (tertiary/aromatic N) is 3. The van der Waals surface area contributed by atoms with Gasteiger partial charge in [-0.2, -0.15) is 10.2 Å². The van der Waals surface area contributed by atoms with Crippen LogP contribution in [0.1, 0.15) is 115 Å². The molecule has 5 aromatic carbocycles. The molecule has 5 rings (SSSR count). The Labute approximate surface area is 441 Å². The summed E-state index contributed by atoms with van der Waals surface area (Å²) in [6.45, 7) is 8.95. The molecule has 18 nitrogen and oxygen atoms in total. The van der Waals surface area contributed by atoms with Gasteiger partial charge in [-0.15, -0.1) is 0 Å². The first-order valence-corrected chi connectivity index (χ1v) is 25.2. The lowest BCUT2D eigenvalue weighted by atomic mass is 10.0. The zero-order chi connectivity index (χ0) is 54.2. The first-order chi connectivity index (χ1) is 37.0. The van der Waals surface area contributed by atoms with E-state index in [9.17, 15) is 34.1 Å². The molecule has 0 aliphatic rings. The Hall–Kier alpha value is -8.67. The molecule has 0 spiro atoms. The first kappa shape index (κ1) is 58.2. The number of nitro benzene ring substituents is 1. The van der Waals surface area contributed by atoms with Gasteiger partial charge in [0.1, 0.15) is 28.7 Å². The molecule has 0 radical (unpaired) electrons. The van der Waals surface area contributed by atoms with Crippen molar-refractivity contribution in [3.63, 3.8) is 0 Å². The molecule has 0 fully saturated rings. The van der Waals surface area contributed by atoms with Crippen molar-refractivity contribution in [2.75, 3.05) is 39.6 Å². The third-order valence-electron chi connectivity index (χ3n) is 11.2. The second-order valence-electron chi connectivity index (χ2n) is 17.0. The van der Waals surface area contributed by atoms with Crippen LogP contribution in [0.2, 0.25) is 0 Å². The molecule has 0 aromatic heterocycles. The SMILES string of the molecule is C=CC(=O)OCCCCCCOc1ccc(OC(=O)c2ccc(C(=O)Oc3ccc(OCCCCCCOC(=O)C=C)cc3)c(C(=O)OCCCCCCCOc3ccc(N=Nc4ccc([N+](=O)[O-])cc4)cc3)c2)cc1. The van der Waals surface area contributed by atoms with Gasteiger partial charge in [0.15, 0.2) is 0 Å². The van der Waals surface area contributed by atoms with Gasteiger partial charge in [0.05, 0.1) is 72.6 Å². The number of benzene rings is 5. The van der Waals surface area contributed by atoms with E-state index in [-0.39, 0.29) is 40.5 Å². The van der Waals surface area contributed by atoms with E-state index in [0.29, 0.717) is 68.1 Å². The fraction of sp³-hybridized carbons (Fsp3) is 0.328. The Bertz CT molecular complexity index is 2690. The highest BCUT2D eigenvalue weighted by atomic mass is 16.6. The standard InChI is InChI=1S/C58H63N3O15/c1-3-54(62)72-39-15-10-8-13-37-70-48-27-31-50(32-28-48)75-56(64)43-18-35-52(58(66)76-51-33-29-49(30-34-51)71-38-14-9-11-16-40-73-55(63)4-2)53(42-43)57(65)74-41-17-7-5-6-12-36-69-47-25-21-45(22-26-47)60-59-44-19-23-46(24-20-44)61(67)68/h3-4,18-35,42H,1-2,5-17,36-41H2. The summed E-state index contributed by atoms with van der Waals surface area (Å²) in [6.07, 6.45) is 12.7. The number of carbonyl (C=O) groups is 5. The number of unbranched alkanes of at least 4 members (excludes halogenated alkanes) is 10. The molecule has 5 aromatic rings. The summed E-state index contributed by atoms with van der Waals surface area (Å²) < 4.78 is 44.4. The molecule has 76 heavy (non-hydrogen) atoms. The normalized spacial score (nSPS) is 10.7. The lowest BCUT2D eigenvalue weighted by Gasteiger charge is -2.12. The largest absolute Gasteiger partial charge is 0.494 e. The molecule has 0 saturated carbocycles. The van der Waals surface area contributed by atoms with Gasteiger partial charge in [-0.3, -0.25) is 10.1 Å². The van der Waals surface area contributed by atoms with Crippen molar-refractivity contribution in [3.8, 4) is 28.7 Å². The van der Waals surface area contributed by atoms with Crippen molar-refractivity contribution in [3.05, 3.63) is 167 Å². The molecule has 0 saturated heterocycles. The minimum absolute atomic E-state index is 0.00377. The number of nitro groups is 1. The van der Waals surface area contributed by atoms with Crippen LogP contribution in [0.5, 0.6) is 28.7 Å². The van der Waals surface area contributed by atoms with Crippen LogP contribution in [0.3, 0.4) is 0 Å². The Morgan fingerprint density at radius 1 is 0.421 bits per heavy atom. The van der Waals surface area contributed by atoms with Gasteiger partial charge in [-0.1, -0.05) is 32.4 Å². The first-order valence-electron chi connectivity index (χ1n) is 25.2. The summed E-state index contributed by atoms with van der Waals surface area (Å²) in [7, 11) is 0. The maximum absolute atomic E-state index is 13.6. The highest BCUT2D eigenvalue weighted by molar-refractivity contribution is 6.06. The molecule has 0 unspecified atom stereocenters. The van der Waals surface area contributed by atoms with Crippen molar-refractivity contribution in [1.82, 2.24) is 0 Å². The van der Waals surface area contributed by atoms with Crippen molar-refractivity contribution < 1.29 is 66.8 Å². The molecule has 0 atom stereocenters. The summed E-state index contributed by atoms with van der Waals surface area (Å²) in [5.41, 5.74) is 0.791. The third kappa shape index (κ3) is 21.8. The number of azo groups is 1. The van der Waals surface area contributed by atoms with Crippen LogP contribution in [-0.4, -0.2) is 74.4 Å². The van der Waals surface area contributed by atoms with Gasteiger partial charge in [0.25, 0.3) is 5.69 Å². The van der Waals surface area contributed by atoms with E-state index in [2.05, 4.69) is 23.4 Å². The predicted molar refractivity (Wildman–Crippen MR) is 282 cm³/mol. The minimum Gasteiger partial charge on any atom is -0.494 e. The molecule has 0 aliphatic heterocycles. The lowest BCUT2D eigenvalue weighted by Crippen LogP contribution is -2.18. The minimum atomic E-state index is -0.840. The van der Waals surface area contributed by atoms with Crippen molar-refractivity contribution in [1.29, 1.82) is 0 Å². The zero-order valence-corrected chi connectivity index (χ0v) is 42.4. The fourth-order valence-corrected chi connectivity index (χ4v) is 7.05. The van der Waals surface area contributed by atoms with Crippen LogP contribution in [0, 0.1) is 10.1 Å². The van der Waals surface area contributed by atoms with E-state index in [1.54, 1.807) is 72.8 Å². The number of non-ortho nitro benzene ring substituents is 1. The summed E-state index contributed by atoms with van der Waals surface area (Å²) in [6, 6.07) is 29.8. The van der Waals surface area contributed by atoms with Gasteiger partial charge in [-0.25, -0.2) is 24.0 Å². The van der Waals surface area contributed by atoms with Crippen LogP contribution in [0.15, 0.2) is 151 Å². The van der Waals surface area contributed by atoms with E-state index in [4.69, 9.17) is 37.9 Å². The van der Waals surface area contributed by atoms with Crippen molar-refractivity contribution >= 4 is 46.9 Å². The average Bonchev–Trinajstić information content (AvgIpc) is 3.44. The van der Waals surface area contributed by atoms with Crippen molar-refractivity contribution in [2.45, 2.75) is 83.5 Å². The number of rotatable bonds is 35. The lowest BCUT2D eigenvalue weighted by molar-refractivity contribution is -0.384. The molecular formula is C58H63N3O15. The maximum Gasteiger partial charge on any atom is 0.344 e. The molecule has 18 heteroatoms. The quantitative estimate of drug-likeness (QED) is 0.00537. The molecular weight excluding hydrogens is 979 g/mol. The Morgan fingerprint density at radius 2 is 0.789 bits per heavy atom. The van der Waals surface area contributed by atoms with E-state index in [0.717, 1.165) is 89.2 Å². The van der Waals surface area contributed by atoms with E-state index in [1.165, 1.54) is 42.5 Å². The van der Waals surface area contributed by atoms with E-state index >= 15 is 0 Å².